The van der Waals surface area contributed by atoms with Gasteiger partial charge in [0.1, 0.15) is 0 Å². The lowest BCUT2D eigenvalue weighted by Crippen LogP contribution is -2.64. The monoisotopic (exact) mass is 1320 g/mol. The first-order valence-corrected chi connectivity index (χ1v) is 36.2. The third-order valence-corrected chi connectivity index (χ3v) is 22.1. The van der Waals surface area contributed by atoms with Crippen molar-refractivity contribution in [2.24, 2.45) is 0 Å². The van der Waals surface area contributed by atoms with Crippen LogP contribution < -0.4 is 57.3 Å². The molecule has 8 heteroatoms. The number of hydrogen-bond donors (Lipinski definition) is 0. The Hall–Kier alpha value is -12.2. The third kappa shape index (κ3) is 10.3. The fourth-order valence-electron chi connectivity index (χ4n) is 16.3. The molecular formula is C94H69B2N5S. The molecule has 0 N–H and O–H groups in total. The highest BCUT2D eigenvalue weighted by Gasteiger charge is 2.48. The van der Waals surface area contributed by atoms with Crippen molar-refractivity contribution in [2.45, 2.75) is 36.0 Å². The van der Waals surface area contributed by atoms with Crippen molar-refractivity contribution in [1.82, 2.24) is 0 Å². The zero-order valence-corrected chi connectivity index (χ0v) is 57.8. The van der Waals surface area contributed by atoms with Gasteiger partial charge in [-0.2, -0.15) is 0 Å². The van der Waals surface area contributed by atoms with Crippen molar-refractivity contribution >= 4 is 143 Å². The number of fused-ring (bicyclic) bond motifs is 8. The van der Waals surface area contributed by atoms with E-state index in [9.17, 15) is 0 Å². The molecule has 0 spiro atoms. The summed E-state index contributed by atoms with van der Waals surface area (Å²) >= 11 is 1.91. The average Bonchev–Trinajstić information content (AvgIpc) is 0.687. The average molecular weight is 1320 g/mol. The van der Waals surface area contributed by atoms with E-state index < -0.39 is 0 Å². The molecule has 0 saturated heterocycles. The number of para-hydroxylation sites is 7. The van der Waals surface area contributed by atoms with E-state index in [4.69, 9.17) is 0 Å². The van der Waals surface area contributed by atoms with Gasteiger partial charge in [0.2, 0.25) is 6.71 Å². The van der Waals surface area contributed by atoms with Gasteiger partial charge in [-0.25, -0.2) is 0 Å². The molecule has 5 nitrogen and oxygen atoms in total. The van der Waals surface area contributed by atoms with Gasteiger partial charge in [0.15, 0.2) is 0 Å². The molecule has 0 radical (unpaired) electrons. The summed E-state index contributed by atoms with van der Waals surface area (Å²) in [7, 11) is 0. The fourth-order valence-corrected chi connectivity index (χ4v) is 17.6. The first-order chi connectivity index (χ1) is 50.3. The smallest absolute Gasteiger partial charge is 0.252 e. The maximum atomic E-state index is 2.65. The number of nitrogens with zero attached hydrogens (tertiary/aromatic N) is 5. The van der Waals surface area contributed by atoms with E-state index >= 15 is 0 Å². The van der Waals surface area contributed by atoms with Crippen LogP contribution >= 0.6 is 11.8 Å². The molecule has 0 aliphatic carbocycles. The molecule has 15 aromatic carbocycles. The number of rotatable bonds is 12. The van der Waals surface area contributed by atoms with E-state index in [0.29, 0.717) is 0 Å². The van der Waals surface area contributed by atoms with Gasteiger partial charge in [0, 0.05) is 89.3 Å². The quantitative estimate of drug-likeness (QED) is 0.113. The molecule has 4 aliphatic rings. The van der Waals surface area contributed by atoms with E-state index in [0.717, 1.165) is 96.3 Å². The maximum Gasteiger partial charge on any atom is 0.252 e. The lowest BCUT2D eigenvalue weighted by molar-refractivity contribution is 0.590. The van der Waals surface area contributed by atoms with Gasteiger partial charge < -0.3 is 24.5 Å². The Labute approximate surface area is 602 Å². The molecule has 102 heavy (non-hydrogen) atoms. The zero-order chi connectivity index (χ0) is 68.0. The predicted octanol–water partition coefficient (Wildman–Crippen LogP) is 21.8. The van der Waals surface area contributed by atoms with Crippen molar-refractivity contribution < 1.29 is 0 Å². The Bertz CT molecular complexity index is 5640. The second-order valence-corrected chi connectivity index (χ2v) is 29.1. The van der Waals surface area contributed by atoms with Crippen LogP contribution in [0.5, 0.6) is 0 Å². The van der Waals surface area contributed by atoms with Crippen LogP contribution in [0, 0.1) is 0 Å². The van der Waals surface area contributed by atoms with Crippen molar-refractivity contribution in [3.8, 4) is 33.4 Å². The Morgan fingerprint density at radius 3 is 1.25 bits per heavy atom. The summed E-state index contributed by atoms with van der Waals surface area (Å²) in [6.45, 7) is 6.60. The van der Waals surface area contributed by atoms with Gasteiger partial charge in [0.25, 0.3) is 6.71 Å². The highest BCUT2D eigenvalue weighted by molar-refractivity contribution is 8.00. The molecular weight excluding hydrogens is 1250 g/mol. The Morgan fingerprint density at radius 1 is 0.255 bits per heavy atom. The summed E-state index contributed by atoms with van der Waals surface area (Å²) in [5, 5.41) is 0. The summed E-state index contributed by atoms with van der Waals surface area (Å²) in [6, 6.07) is 136. The molecule has 15 aromatic rings. The minimum atomic E-state index is -0.168. The minimum Gasteiger partial charge on any atom is -0.311 e. The molecule has 0 atom stereocenters. The number of hydrogen-bond acceptors (Lipinski definition) is 6. The Morgan fingerprint density at radius 2 is 0.676 bits per heavy atom. The van der Waals surface area contributed by atoms with Crippen molar-refractivity contribution in [3.05, 3.63) is 370 Å². The predicted molar refractivity (Wildman–Crippen MR) is 435 cm³/mol. The van der Waals surface area contributed by atoms with Crippen LogP contribution in [-0.2, 0) is 5.41 Å². The van der Waals surface area contributed by atoms with Gasteiger partial charge in [-0.1, -0.05) is 281 Å². The van der Waals surface area contributed by atoms with E-state index in [1.54, 1.807) is 0 Å². The zero-order valence-electron chi connectivity index (χ0n) is 56.9. The maximum absolute atomic E-state index is 2.65. The molecule has 0 amide bonds. The number of anilines is 15. The summed E-state index contributed by atoms with van der Waals surface area (Å²) in [5.41, 5.74) is 32.6. The molecule has 0 unspecified atom stereocenters. The highest BCUT2D eigenvalue weighted by Crippen LogP contribution is 2.53. The van der Waals surface area contributed by atoms with E-state index in [2.05, 4.69) is 409 Å². The highest BCUT2D eigenvalue weighted by atomic mass is 32.2. The minimum absolute atomic E-state index is 0.0157. The molecule has 19 rings (SSSR count). The fraction of sp³-hybridized carbons (Fsp3) is 0.0426. The number of benzene rings is 15. The molecule has 4 heterocycles. The van der Waals surface area contributed by atoms with Gasteiger partial charge >= 0.3 is 0 Å². The van der Waals surface area contributed by atoms with Crippen LogP contribution in [0.25, 0.3) is 33.4 Å². The van der Waals surface area contributed by atoms with E-state index in [-0.39, 0.29) is 18.8 Å². The molecule has 0 aromatic heterocycles. The van der Waals surface area contributed by atoms with Crippen molar-refractivity contribution in [1.29, 1.82) is 0 Å². The lowest BCUT2D eigenvalue weighted by atomic mass is 9.31. The van der Waals surface area contributed by atoms with Gasteiger partial charge in [-0.05, 0) is 187 Å². The Balaban J connectivity index is 0.889. The first kappa shape index (κ1) is 60.9. The van der Waals surface area contributed by atoms with Crippen LogP contribution in [0.3, 0.4) is 0 Å². The molecule has 4 aliphatic heterocycles. The molecule has 0 saturated carbocycles. The second-order valence-electron chi connectivity index (χ2n) is 28.0. The van der Waals surface area contributed by atoms with Crippen LogP contribution in [0.1, 0.15) is 26.3 Å². The third-order valence-electron chi connectivity index (χ3n) is 21.0. The lowest BCUT2D eigenvalue weighted by Gasteiger charge is -2.46. The summed E-state index contributed by atoms with van der Waals surface area (Å²) in [4.78, 5) is 15.1. The van der Waals surface area contributed by atoms with Crippen LogP contribution in [0.15, 0.2) is 374 Å². The van der Waals surface area contributed by atoms with E-state index in [1.165, 1.54) is 70.5 Å². The van der Waals surface area contributed by atoms with E-state index in [1.807, 2.05) is 11.8 Å². The molecule has 0 bridgehead atoms. The Kier molecular flexibility index (Phi) is 14.9. The first-order valence-electron chi connectivity index (χ1n) is 35.4. The van der Waals surface area contributed by atoms with Crippen LogP contribution in [0.4, 0.5) is 85.3 Å². The second kappa shape index (κ2) is 24.9. The van der Waals surface area contributed by atoms with Gasteiger partial charge in [0.05, 0.1) is 11.4 Å². The van der Waals surface area contributed by atoms with Crippen LogP contribution in [-0.4, -0.2) is 13.4 Å². The summed E-state index contributed by atoms with van der Waals surface area (Å²) in [5.74, 6) is 0. The largest absolute Gasteiger partial charge is 0.311 e. The molecule has 482 valence electrons. The summed E-state index contributed by atoms with van der Waals surface area (Å²) < 4.78 is 0. The van der Waals surface area contributed by atoms with Gasteiger partial charge in [-0.15, -0.1) is 0 Å². The van der Waals surface area contributed by atoms with Crippen molar-refractivity contribution in [3.63, 3.8) is 0 Å². The normalized spacial score (nSPS) is 12.9. The molecule has 0 fully saturated rings. The van der Waals surface area contributed by atoms with Gasteiger partial charge in [-0.3, -0.25) is 0 Å². The van der Waals surface area contributed by atoms with Crippen LogP contribution in [0.2, 0.25) is 0 Å². The standard InChI is InChI=1S/C94H69B2N5S/c1-94(2,3)69-53-49-67(50-54-69)78-43-22-25-46-83(78)101-86-63-90-82(62-81(86)95-79-44-23-26-47-84(79)99(72-38-18-8-19-39-72)87-58-76(59-88(101)92(87)95)97(70-34-14-6-15-35-70)71-36-16-7-17-37-71)96-80-45-24-27-48-85(80)100(73-40-20-9-21-41-73)89-60-77(61-91(102-90)93(89)96)98(74-55-51-66(52-56-74)64-29-10-4-11-30-64)75-42-28-33-68(57-75)65-31-12-5-13-32-65/h4-63H,1-3H3. The SMILES string of the molecule is CC(C)(C)c1ccc(-c2ccccc2N2c3cc4c(cc3B3c5ccccc5N(c5ccccc5)c5cc(N(c6ccccc6)c6ccccc6)cc2c53)B2c3ccccc3N(c3ccccc3)c3cc(N(c5ccc(-c6ccccc6)cc5)c5cccc(-c6ccccc6)c5)cc(c32)S4)cc1. The summed E-state index contributed by atoms with van der Waals surface area (Å²) in [6.07, 6.45) is 0. The topological polar surface area (TPSA) is 16.2 Å². The van der Waals surface area contributed by atoms with Crippen molar-refractivity contribution in [2.75, 3.05) is 24.5 Å².